The van der Waals surface area contributed by atoms with Crippen LogP contribution < -0.4 is 0 Å². The van der Waals surface area contributed by atoms with Crippen molar-refractivity contribution in [2.24, 2.45) is 5.92 Å². The van der Waals surface area contributed by atoms with Crippen molar-refractivity contribution >= 4 is 5.97 Å². The minimum atomic E-state index is -1.43. The maximum absolute atomic E-state index is 10.6. The number of rotatable bonds is 1. The van der Waals surface area contributed by atoms with Crippen LogP contribution in [-0.4, -0.2) is 21.8 Å². The molecule has 3 heteroatoms. The number of aliphatic hydroxyl groups is 1. The SMILES string of the molecule is CC1CCCC(O)(C(=O)O)C1. The number of carbonyl (C=O) groups is 1. The highest BCUT2D eigenvalue weighted by molar-refractivity contribution is 5.77. The van der Waals surface area contributed by atoms with Gasteiger partial charge in [-0.2, -0.15) is 0 Å². The summed E-state index contributed by atoms with van der Waals surface area (Å²) in [5.74, 6) is -0.728. The van der Waals surface area contributed by atoms with Gasteiger partial charge in [0.25, 0.3) is 0 Å². The molecule has 64 valence electrons. The first kappa shape index (κ1) is 8.53. The zero-order chi connectivity index (χ0) is 8.48. The van der Waals surface area contributed by atoms with E-state index < -0.39 is 11.6 Å². The van der Waals surface area contributed by atoms with Crippen molar-refractivity contribution in [2.75, 3.05) is 0 Å². The van der Waals surface area contributed by atoms with Gasteiger partial charge < -0.3 is 10.2 Å². The van der Waals surface area contributed by atoms with Gasteiger partial charge in [-0.05, 0) is 25.2 Å². The first-order chi connectivity index (χ1) is 5.04. The van der Waals surface area contributed by atoms with Crippen molar-refractivity contribution < 1.29 is 15.0 Å². The summed E-state index contributed by atoms with van der Waals surface area (Å²) in [4.78, 5) is 10.6. The molecule has 3 nitrogen and oxygen atoms in total. The van der Waals surface area contributed by atoms with Gasteiger partial charge in [-0.1, -0.05) is 13.3 Å². The van der Waals surface area contributed by atoms with E-state index in [0.717, 1.165) is 12.8 Å². The summed E-state index contributed by atoms with van der Waals surface area (Å²) in [5, 5.41) is 18.2. The van der Waals surface area contributed by atoms with E-state index >= 15 is 0 Å². The van der Waals surface area contributed by atoms with Gasteiger partial charge in [-0.15, -0.1) is 0 Å². The molecule has 1 aliphatic rings. The summed E-state index contributed by atoms with van der Waals surface area (Å²) >= 11 is 0. The normalized spacial score (nSPS) is 38.5. The van der Waals surface area contributed by atoms with Crippen molar-refractivity contribution in [3.63, 3.8) is 0 Å². The summed E-state index contributed by atoms with van der Waals surface area (Å²) in [7, 11) is 0. The molecule has 2 atom stereocenters. The first-order valence-corrected chi connectivity index (χ1v) is 4.00. The Labute approximate surface area is 66.0 Å². The van der Waals surface area contributed by atoms with Crippen molar-refractivity contribution in [2.45, 2.75) is 38.2 Å². The molecule has 0 aromatic heterocycles. The van der Waals surface area contributed by atoms with Crippen molar-refractivity contribution in [3.8, 4) is 0 Å². The molecule has 0 aromatic rings. The van der Waals surface area contributed by atoms with E-state index in [0.29, 0.717) is 18.8 Å². The third-order valence-corrected chi connectivity index (χ3v) is 2.37. The number of hydrogen-bond acceptors (Lipinski definition) is 2. The minimum Gasteiger partial charge on any atom is -0.479 e. The second-order valence-corrected chi connectivity index (χ2v) is 3.54. The lowest BCUT2D eigenvalue weighted by Crippen LogP contribution is -2.42. The highest BCUT2D eigenvalue weighted by atomic mass is 16.4. The van der Waals surface area contributed by atoms with Crippen LogP contribution in [0.25, 0.3) is 0 Å². The van der Waals surface area contributed by atoms with Gasteiger partial charge in [0.05, 0.1) is 0 Å². The Bertz CT molecular complexity index is 167. The van der Waals surface area contributed by atoms with E-state index in [4.69, 9.17) is 5.11 Å². The molecule has 0 saturated heterocycles. The summed E-state index contributed by atoms with van der Waals surface area (Å²) in [5.41, 5.74) is -1.43. The van der Waals surface area contributed by atoms with Crippen LogP contribution in [0.3, 0.4) is 0 Å². The fourth-order valence-electron chi connectivity index (χ4n) is 1.72. The van der Waals surface area contributed by atoms with Crippen LogP contribution in [0.4, 0.5) is 0 Å². The molecule has 0 heterocycles. The first-order valence-electron chi connectivity index (χ1n) is 4.00. The second-order valence-electron chi connectivity index (χ2n) is 3.54. The summed E-state index contributed by atoms with van der Waals surface area (Å²) in [6, 6.07) is 0. The maximum atomic E-state index is 10.6. The molecule has 2 N–H and O–H groups in total. The van der Waals surface area contributed by atoms with Gasteiger partial charge >= 0.3 is 5.97 Å². The van der Waals surface area contributed by atoms with Gasteiger partial charge in [0, 0.05) is 0 Å². The fraction of sp³-hybridized carbons (Fsp3) is 0.875. The summed E-state index contributed by atoms with van der Waals surface area (Å²) < 4.78 is 0. The molecule has 0 aliphatic heterocycles. The van der Waals surface area contributed by atoms with Gasteiger partial charge in [-0.3, -0.25) is 0 Å². The van der Waals surface area contributed by atoms with E-state index in [1.807, 2.05) is 6.92 Å². The predicted octanol–water partition coefficient (Wildman–Crippen LogP) is 1.01. The van der Waals surface area contributed by atoms with E-state index in [2.05, 4.69) is 0 Å². The lowest BCUT2D eigenvalue weighted by molar-refractivity contribution is -0.163. The molecule has 1 saturated carbocycles. The Morgan fingerprint density at radius 2 is 2.27 bits per heavy atom. The Kier molecular flexibility index (Phi) is 2.18. The number of aliphatic carboxylic acids is 1. The molecule has 0 aromatic carbocycles. The number of carboxylic acid groups (broad SMARTS) is 1. The van der Waals surface area contributed by atoms with E-state index in [-0.39, 0.29) is 0 Å². The fourth-order valence-corrected chi connectivity index (χ4v) is 1.72. The van der Waals surface area contributed by atoms with Crippen molar-refractivity contribution in [3.05, 3.63) is 0 Å². The molecular formula is C8H14O3. The molecule has 0 amide bonds. The molecule has 0 bridgehead atoms. The molecule has 0 spiro atoms. The largest absolute Gasteiger partial charge is 0.479 e. The van der Waals surface area contributed by atoms with Crippen LogP contribution in [0.1, 0.15) is 32.6 Å². The molecular weight excluding hydrogens is 144 g/mol. The number of carboxylic acids is 1. The molecule has 1 aliphatic carbocycles. The van der Waals surface area contributed by atoms with Crippen LogP contribution in [0.5, 0.6) is 0 Å². The van der Waals surface area contributed by atoms with E-state index in [1.54, 1.807) is 0 Å². The topological polar surface area (TPSA) is 57.5 Å². The van der Waals surface area contributed by atoms with Gasteiger partial charge in [0.2, 0.25) is 0 Å². The Balaban J connectivity index is 2.63. The Morgan fingerprint density at radius 1 is 1.64 bits per heavy atom. The Morgan fingerprint density at radius 3 is 2.64 bits per heavy atom. The minimum absolute atomic E-state index is 0.338. The van der Waals surface area contributed by atoms with Crippen LogP contribution in [-0.2, 0) is 4.79 Å². The van der Waals surface area contributed by atoms with E-state index in [9.17, 15) is 9.90 Å². The molecule has 1 fully saturated rings. The Hall–Kier alpha value is -0.570. The molecule has 11 heavy (non-hydrogen) atoms. The molecule has 1 rings (SSSR count). The summed E-state index contributed by atoms with van der Waals surface area (Å²) in [6.45, 7) is 1.98. The lowest BCUT2D eigenvalue weighted by atomic mass is 9.79. The smallest absolute Gasteiger partial charge is 0.335 e. The third kappa shape index (κ3) is 1.71. The number of hydrogen-bond donors (Lipinski definition) is 2. The van der Waals surface area contributed by atoms with Crippen molar-refractivity contribution in [1.82, 2.24) is 0 Å². The zero-order valence-electron chi connectivity index (χ0n) is 6.71. The third-order valence-electron chi connectivity index (χ3n) is 2.37. The van der Waals surface area contributed by atoms with E-state index in [1.165, 1.54) is 0 Å². The van der Waals surface area contributed by atoms with Crippen molar-refractivity contribution in [1.29, 1.82) is 0 Å². The molecule has 0 radical (unpaired) electrons. The predicted molar refractivity (Wildman–Crippen MR) is 40.2 cm³/mol. The van der Waals surface area contributed by atoms with Crippen LogP contribution >= 0.6 is 0 Å². The molecule has 2 unspecified atom stereocenters. The van der Waals surface area contributed by atoms with Crippen LogP contribution in [0.2, 0.25) is 0 Å². The average molecular weight is 158 g/mol. The second kappa shape index (κ2) is 2.81. The average Bonchev–Trinajstić information content (AvgIpc) is 1.86. The van der Waals surface area contributed by atoms with Crippen LogP contribution in [0.15, 0.2) is 0 Å². The monoisotopic (exact) mass is 158 g/mol. The van der Waals surface area contributed by atoms with Crippen LogP contribution in [0, 0.1) is 5.92 Å². The van der Waals surface area contributed by atoms with Gasteiger partial charge in [-0.25, -0.2) is 4.79 Å². The highest BCUT2D eigenvalue weighted by Crippen LogP contribution is 2.32. The van der Waals surface area contributed by atoms with Gasteiger partial charge in [0.15, 0.2) is 5.60 Å². The highest BCUT2D eigenvalue weighted by Gasteiger charge is 2.39. The standard InChI is InChI=1S/C8H14O3/c1-6-3-2-4-8(11,5-6)7(9)10/h6,11H,2-5H2,1H3,(H,9,10). The quantitative estimate of drug-likeness (QED) is 0.598. The lowest BCUT2D eigenvalue weighted by Gasteiger charge is -2.31. The van der Waals surface area contributed by atoms with Gasteiger partial charge in [0.1, 0.15) is 0 Å². The maximum Gasteiger partial charge on any atom is 0.335 e. The zero-order valence-corrected chi connectivity index (χ0v) is 6.71. The summed E-state index contributed by atoms with van der Waals surface area (Å²) in [6.07, 6.45) is 2.68.